The molecule has 1 N–H and O–H groups in total. The molecule has 0 saturated heterocycles. The van der Waals surface area contributed by atoms with E-state index in [9.17, 15) is 19.7 Å². The lowest BCUT2D eigenvalue weighted by Gasteiger charge is -2.39. The Labute approximate surface area is 185 Å². The Hall–Kier alpha value is -3.55. The lowest BCUT2D eigenvalue weighted by Crippen LogP contribution is -2.43. The van der Waals surface area contributed by atoms with Crippen LogP contribution in [-0.2, 0) is 9.63 Å². The van der Waals surface area contributed by atoms with Gasteiger partial charge in [0.05, 0.1) is 21.6 Å². The number of non-ortho nitro benzene ring substituents is 1. The normalized spacial score (nSPS) is 26.7. The van der Waals surface area contributed by atoms with Crippen molar-refractivity contribution in [2.24, 2.45) is 21.4 Å². The summed E-state index contributed by atoms with van der Waals surface area (Å²) in [6, 6.07) is 14.5. The first-order valence-corrected chi connectivity index (χ1v) is 10.5. The summed E-state index contributed by atoms with van der Waals surface area (Å²) in [4.78, 5) is 41.7. The molecule has 2 unspecified atom stereocenters. The topological polar surface area (TPSA) is 111 Å². The first-order valence-electron chi connectivity index (χ1n) is 10.5. The fourth-order valence-corrected chi connectivity index (χ4v) is 5.19. The molecule has 2 aliphatic rings. The fourth-order valence-electron chi connectivity index (χ4n) is 5.19. The van der Waals surface area contributed by atoms with Crippen LogP contribution < -0.4 is 5.32 Å². The van der Waals surface area contributed by atoms with Gasteiger partial charge in [0.1, 0.15) is 0 Å². The van der Waals surface area contributed by atoms with E-state index in [1.54, 1.807) is 36.4 Å². The Morgan fingerprint density at radius 3 is 2.47 bits per heavy atom. The minimum Gasteiger partial charge on any atom is -0.325 e. The van der Waals surface area contributed by atoms with Gasteiger partial charge in [0, 0.05) is 29.7 Å². The molecular weight excluding hydrogens is 410 g/mol. The van der Waals surface area contributed by atoms with Crippen molar-refractivity contribution in [3.05, 3.63) is 70.3 Å². The van der Waals surface area contributed by atoms with E-state index in [1.165, 1.54) is 12.1 Å². The number of rotatable bonds is 5. The van der Waals surface area contributed by atoms with Crippen LogP contribution in [-0.4, -0.2) is 22.5 Å². The number of carbonyl (C=O) groups is 2. The van der Waals surface area contributed by atoms with Crippen molar-refractivity contribution in [3.8, 4) is 0 Å². The van der Waals surface area contributed by atoms with E-state index in [2.05, 4.69) is 17.4 Å². The van der Waals surface area contributed by atoms with Gasteiger partial charge in [0.2, 0.25) is 5.91 Å². The van der Waals surface area contributed by atoms with Crippen molar-refractivity contribution in [2.45, 2.75) is 40.0 Å². The average molecular weight is 435 g/mol. The predicted octanol–water partition coefficient (Wildman–Crippen LogP) is 4.96. The molecule has 2 fully saturated rings. The van der Waals surface area contributed by atoms with Crippen LogP contribution in [0.15, 0.2) is 59.8 Å². The van der Waals surface area contributed by atoms with Crippen LogP contribution in [0.5, 0.6) is 0 Å². The number of nitro benzene ring substituents is 1. The SMILES string of the molecule is CC12CCC(C(=O)Nc3cccc([N+](=O)[O-])c3)(CC1=NOC(=O)c1ccccc1)C2(C)C. The van der Waals surface area contributed by atoms with Gasteiger partial charge in [0.15, 0.2) is 0 Å². The molecule has 1 amide bonds. The van der Waals surface area contributed by atoms with E-state index in [0.717, 1.165) is 6.42 Å². The molecule has 2 atom stereocenters. The van der Waals surface area contributed by atoms with Gasteiger partial charge in [-0.15, -0.1) is 0 Å². The quantitative estimate of drug-likeness (QED) is 0.405. The minimum absolute atomic E-state index is 0.0858. The fraction of sp³-hybridized carbons (Fsp3) is 0.375. The Bertz CT molecular complexity index is 1130. The van der Waals surface area contributed by atoms with Crippen LogP contribution in [0.2, 0.25) is 0 Å². The van der Waals surface area contributed by atoms with Crippen LogP contribution in [0.4, 0.5) is 11.4 Å². The smallest absolute Gasteiger partial charge is 0.325 e. The number of anilines is 1. The number of hydrogen-bond acceptors (Lipinski definition) is 6. The highest BCUT2D eigenvalue weighted by atomic mass is 16.7. The molecule has 8 nitrogen and oxygen atoms in total. The number of nitro groups is 1. The van der Waals surface area contributed by atoms with Crippen molar-refractivity contribution in [1.82, 2.24) is 0 Å². The van der Waals surface area contributed by atoms with Crippen molar-refractivity contribution >= 4 is 29.0 Å². The number of carbonyl (C=O) groups excluding carboxylic acids is 2. The van der Waals surface area contributed by atoms with Gasteiger partial charge < -0.3 is 10.2 Å². The zero-order valence-corrected chi connectivity index (χ0v) is 18.3. The van der Waals surface area contributed by atoms with Crippen LogP contribution in [0, 0.1) is 26.4 Å². The van der Waals surface area contributed by atoms with Crippen LogP contribution in [0.25, 0.3) is 0 Å². The first kappa shape index (κ1) is 21.7. The molecule has 0 aromatic heterocycles. The number of oxime groups is 1. The summed E-state index contributed by atoms with van der Waals surface area (Å²) in [6.45, 7) is 6.13. The number of benzene rings is 2. The third-order valence-electron chi connectivity index (χ3n) is 7.73. The summed E-state index contributed by atoms with van der Waals surface area (Å²) in [6.07, 6.45) is 1.74. The molecular formula is C24H25N3O5. The maximum absolute atomic E-state index is 13.5. The maximum atomic E-state index is 13.5. The molecule has 32 heavy (non-hydrogen) atoms. The highest BCUT2D eigenvalue weighted by Crippen LogP contribution is 2.71. The van der Waals surface area contributed by atoms with Crippen molar-refractivity contribution in [3.63, 3.8) is 0 Å². The number of amides is 1. The van der Waals surface area contributed by atoms with Gasteiger partial charge in [-0.3, -0.25) is 14.9 Å². The molecule has 4 rings (SSSR count). The van der Waals surface area contributed by atoms with Gasteiger partial charge in [-0.05, 0) is 36.5 Å². The summed E-state index contributed by atoms with van der Waals surface area (Å²) in [5.74, 6) is -0.747. The zero-order chi connectivity index (χ0) is 23.1. The minimum atomic E-state index is -0.760. The van der Waals surface area contributed by atoms with Crippen molar-refractivity contribution in [2.75, 3.05) is 5.32 Å². The van der Waals surface area contributed by atoms with E-state index in [-0.39, 0.29) is 11.6 Å². The Balaban J connectivity index is 1.59. The summed E-state index contributed by atoms with van der Waals surface area (Å²) < 4.78 is 0. The molecule has 0 aliphatic heterocycles. The van der Waals surface area contributed by atoms with E-state index in [0.29, 0.717) is 29.8 Å². The number of nitrogens with one attached hydrogen (secondary N) is 1. The Morgan fingerprint density at radius 2 is 1.78 bits per heavy atom. The zero-order valence-electron chi connectivity index (χ0n) is 18.3. The van der Waals surface area contributed by atoms with E-state index in [4.69, 9.17) is 4.84 Å². The average Bonchev–Trinajstić information content (AvgIpc) is 3.09. The first-order chi connectivity index (χ1) is 15.1. The predicted molar refractivity (Wildman–Crippen MR) is 119 cm³/mol. The lowest BCUT2D eigenvalue weighted by atomic mass is 9.64. The third kappa shape index (κ3) is 3.18. The second-order valence-electron chi connectivity index (χ2n) is 9.26. The molecule has 0 heterocycles. The van der Waals surface area contributed by atoms with E-state index < -0.39 is 27.1 Å². The third-order valence-corrected chi connectivity index (χ3v) is 7.73. The number of nitrogens with zero attached hydrogens (tertiary/aromatic N) is 2. The summed E-state index contributed by atoms with van der Waals surface area (Å²) in [5, 5.41) is 18.2. The molecule has 166 valence electrons. The summed E-state index contributed by atoms with van der Waals surface area (Å²) in [7, 11) is 0. The highest BCUT2D eigenvalue weighted by Gasteiger charge is 2.71. The Kier molecular flexibility index (Phi) is 5.11. The van der Waals surface area contributed by atoms with Gasteiger partial charge in [-0.1, -0.05) is 50.2 Å². The Morgan fingerprint density at radius 1 is 1.06 bits per heavy atom. The molecule has 2 bridgehead atoms. The highest BCUT2D eigenvalue weighted by molar-refractivity contribution is 6.06. The van der Waals surface area contributed by atoms with Crippen LogP contribution in [0.1, 0.15) is 50.4 Å². The standard InChI is InChI=1S/C24H25N3O5/c1-22(2)23(3)12-13-24(22,21(29)25-17-10-7-11-18(14-17)27(30)31)15-19(23)26-32-20(28)16-8-5-4-6-9-16/h4-11,14H,12-13,15H2,1-3H3,(H,25,29). The molecule has 2 aromatic rings. The monoisotopic (exact) mass is 435 g/mol. The van der Waals surface area contributed by atoms with Crippen molar-refractivity contribution < 1.29 is 19.3 Å². The number of hydrogen-bond donors (Lipinski definition) is 1. The molecule has 2 aliphatic carbocycles. The van der Waals surface area contributed by atoms with Crippen molar-refractivity contribution in [1.29, 1.82) is 0 Å². The molecule has 8 heteroatoms. The van der Waals surface area contributed by atoms with Crippen LogP contribution >= 0.6 is 0 Å². The van der Waals surface area contributed by atoms with E-state index >= 15 is 0 Å². The maximum Gasteiger partial charge on any atom is 0.365 e. The molecule has 0 radical (unpaired) electrons. The second-order valence-corrected chi connectivity index (χ2v) is 9.26. The largest absolute Gasteiger partial charge is 0.365 e. The van der Waals surface area contributed by atoms with E-state index in [1.807, 2.05) is 19.9 Å². The molecule has 2 saturated carbocycles. The van der Waals surface area contributed by atoms with Gasteiger partial charge in [-0.25, -0.2) is 4.79 Å². The number of fused-ring (bicyclic) bond motifs is 2. The van der Waals surface area contributed by atoms with Gasteiger partial charge in [-0.2, -0.15) is 0 Å². The summed E-state index contributed by atoms with van der Waals surface area (Å²) in [5.41, 5.74) is -0.243. The lowest BCUT2D eigenvalue weighted by molar-refractivity contribution is -0.384. The van der Waals surface area contributed by atoms with Crippen LogP contribution in [0.3, 0.4) is 0 Å². The van der Waals surface area contributed by atoms with Gasteiger partial charge >= 0.3 is 5.97 Å². The summed E-state index contributed by atoms with van der Waals surface area (Å²) >= 11 is 0. The second kappa shape index (κ2) is 7.55. The molecule has 0 spiro atoms. The molecule has 2 aromatic carbocycles. The van der Waals surface area contributed by atoms with Gasteiger partial charge in [0.25, 0.3) is 5.69 Å².